The number of benzene rings is 1. The summed E-state index contributed by atoms with van der Waals surface area (Å²) in [5.74, 6) is -0.458. The number of nitrogens with zero attached hydrogens (tertiary/aromatic N) is 1. The Morgan fingerprint density at radius 3 is 2.56 bits per heavy atom. The minimum atomic E-state index is -0.811. The van der Waals surface area contributed by atoms with Gasteiger partial charge in [-0.3, -0.25) is 14.5 Å². The number of rotatable bonds is 5. The van der Waals surface area contributed by atoms with E-state index in [1.807, 2.05) is 42.2 Å². The van der Waals surface area contributed by atoms with Crippen molar-refractivity contribution < 1.29 is 19.4 Å². The van der Waals surface area contributed by atoms with Crippen LogP contribution in [0.5, 0.6) is 0 Å². The van der Waals surface area contributed by atoms with Gasteiger partial charge in [0.1, 0.15) is 6.10 Å². The molecule has 2 saturated heterocycles. The van der Waals surface area contributed by atoms with Gasteiger partial charge in [0.2, 0.25) is 11.8 Å². The monoisotopic (exact) mass is 375 g/mol. The number of nitrogens with one attached hydrogen (secondary N) is 1. The van der Waals surface area contributed by atoms with Gasteiger partial charge in [0.25, 0.3) is 0 Å². The first kappa shape index (κ1) is 19.8. The lowest BCUT2D eigenvalue weighted by molar-refractivity contribution is -0.207. The number of hydrogen-bond acceptors (Lipinski definition) is 5. The van der Waals surface area contributed by atoms with Crippen LogP contribution in [0, 0.1) is 0 Å². The Labute approximate surface area is 159 Å². The number of aliphatic hydroxyl groups excluding tert-OH is 1. The molecule has 2 atom stereocenters. The van der Waals surface area contributed by atoms with Crippen LogP contribution < -0.4 is 11.1 Å². The number of aliphatic hydroxyl groups is 1. The molecule has 1 spiro atoms. The number of carbonyl (C=O) groups is 2. The number of hydrogen-bond donors (Lipinski definition) is 3. The van der Waals surface area contributed by atoms with Crippen LogP contribution in [0.1, 0.15) is 31.7 Å². The maximum Gasteiger partial charge on any atom is 0.231 e. The van der Waals surface area contributed by atoms with Gasteiger partial charge in [0, 0.05) is 19.7 Å². The summed E-state index contributed by atoms with van der Waals surface area (Å²) < 4.78 is 6.02. The summed E-state index contributed by atoms with van der Waals surface area (Å²) in [6.45, 7) is 3.86. The van der Waals surface area contributed by atoms with E-state index in [2.05, 4.69) is 5.32 Å². The molecule has 0 aliphatic carbocycles. The number of carbonyl (C=O) groups excluding carboxylic acids is 2. The molecule has 1 aromatic rings. The van der Waals surface area contributed by atoms with E-state index in [4.69, 9.17) is 10.5 Å². The molecule has 0 bridgehead atoms. The minimum absolute atomic E-state index is 0.106. The lowest BCUT2D eigenvalue weighted by Crippen LogP contribution is -2.69. The molecule has 0 saturated carbocycles. The highest BCUT2D eigenvalue weighted by Crippen LogP contribution is 2.39. The van der Waals surface area contributed by atoms with Crippen molar-refractivity contribution in [1.29, 1.82) is 0 Å². The third-order valence-electron chi connectivity index (χ3n) is 5.83. The molecule has 2 amide bonds. The fraction of sp³-hybridized carbons (Fsp3) is 0.600. The van der Waals surface area contributed by atoms with Crippen molar-refractivity contribution in [2.45, 2.75) is 49.9 Å². The second kappa shape index (κ2) is 7.96. The summed E-state index contributed by atoms with van der Waals surface area (Å²) in [6, 6.07) is 9.56. The molecule has 2 aliphatic heterocycles. The smallest absolute Gasteiger partial charge is 0.231 e. The molecule has 2 fully saturated rings. The van der Waals surface area contributed by atoms with Gasteiger partial charge in [-0.05, 0) is 31.7 Å². The van der Waals surface area contributed by atoms with E-state index in [1.54, 1.807) is 0 Å². The Hall–Kier alpha value is -1.96. The van der Waals surface area contributed by atoms with Gasteiger partial charge in [0.15, 0.2) is 0 Å². The molecule has 4 N–H and O–H groups in total. The van der Waals surface area contributed by atoms with Gasteiger partial charge in [0.05, 0.1) is 24.1 Å². The zero-order chi connectivity index (χ0) is 19.5. The molecule has 3 rings (SSSR count). The van der Waals surface area contributed by atoms with E-state index in [-0.39, 0.29) is 24.8 Å². The number of piperidine rings is 1. The highest BCUT2D eigenvalue weighted by molar-refractivity contribution is 5.79. The number of nitrogens with two attached hydrogens (primary N) is 1. The number of likely N-dealkylation sites (tertiary alicyclic amines) is 1. The van der Waals surface area contributed by atoms with Crippen LogP contribution >= 0.6 is 0 Å². The van der Waals surface area contributed by atoms with Gasteiger partial charge >= 0.3 is 0 Å². The molecule has 1 aromatic carbocycles. The zero-order valence-corrected chi connectivity index (χ0v) is 15.8. The molecule has 7 nitrogen and oxygen atoms in total. The largest absolute Gasteiger partial charge is 0.388 e. The van der Waals surface area contributed by atoms with Gasteiger partial charge in [-0.25, -0.2) is 0 Å². The summed E-state index contributed by atoms with van der Waals surface area (Å²) in [6.07, 6.45) is 1.23. The summed E-state index contributed by atoms with van der Waals surface area (Å²) in [4.78, 5) is 25.7. The van der Waals surface area contributed by atoms with E-state index in [1.165, 1.54) is 0 Å². The van der Waals surface area contributed by atoms with Crippen LogP contribution in [0.3, 0.4) is 0 Å². The highest BCUT2D eigenvalue weighted by atomic mass is 16.5. The summed E-state index contributed by atoms with van der Waals surface area (Å²) >= 11 is 0. The minimum Gasteiger partial charge on any atom is -0.388 e. The number of ether oxygens (including phenoxy) is 1. The third-order valence-corrected chi connectivity index (χ3v) is 5.83. The van der Waals surface area contributed by atoms with Crippen molar-refractivity contribution in [2.75, 3.05) is 26.2 Å². The molecule has 0 unspecified atom stereocenters. The molecule has 7 heteroatoms. The van der Waals surface area contributed by atoms with Crippen LogP contribution in [0.2, 0.25) is 0 Å². The SMILES string of the molecule is C[C@@]1(NC(=O)Cc2ccccc2)CCOC2(CCN(CC(N)=O)CC2)[C@H]1O. The average Bonchev–Trinajstić information content (AvgIpc) is 2.62. The van der Waals surface area contributed by atoms with E-state index >= 15 is 0 Å². The predicted octanol–water partition coefficient (Wildman–Crippen LogP) is 0.205. The van der Waals surface area contributed by atoms with Crippen LogP contribution in [0.25, 0.3) is 0 Å². The Balaban J connectivity index is 1.64. The Morgan fingerprint density at radius 1 is 1.26 bits per heavy atom. The predicted molar refractivity (Wildman–Crippen MR) is 101 cm³/mol. The van der Waals surface area contributed by atoms with Crippen molar-refractivity contribution in [3.8, 4) is 0 Å². The lowest BCUT2D eigenvalue weighted by Gasteiger charge is -2.53. The van der Waals surface area contributed by atoms with Gasteiger partial charge in [-0.15, -0.1) is 0 Å². The topological polar surface area (TPSA) is 105 Å². The normalized spacial score (nSPS) is 28.0. The zero-order valence-electron chi connectivity index (χ0n) is 15.8. The Kier molecular flexibility index (Phi) is 5.83. The lowest BCUT2D eigenvalue weighted by atomic mass is 9.73. The molecule has 148 valence electrons. The van der Waals surface area contributed by atoms with E-state index in [0.29, 0.717) is 39.0 Å². The van der Waals surface area contributed by atoms with Crippen LogP contribution in [0.4, 0.5) is 0 Å². The standard InChI is InChI=1S/C20H29N3O4/c1-19(22-17(25)13-15-5-3-2-4-6-15)9-12-27-20(18(19)26)7-10-23(11-8-20)14-16(21)24/h2-6,18,26H,7-14H2,1H3,(H2,21,24)(H,22,25)/t18-,19+/m0/s1. The van der Waals surface area contributed by atoms with Crippen LogP contribution in [-0.4, -0.2) is 65.3 Å². The fourth-order valence-corrected chi connectivity index (χ4v) is 4.27. The first-order valence-electron chi connectivity index (χ1n) is 9.51. The summed E-state index contributed by atoms with van der Waals surface area (Å²) in [7, 11) is 0. The Bertz CT molecular complexity index is 673. The molecule has 2 aliphatic rings. The molecule has 27 heavy (non-hydrogen) atoms. The molecular weight excluding hydrogens is 346 g/mol. The quantitative estimate of drug-likeness (QED) is 0.682. The van der Waals surface area contributed by atoms with Crippen molar-refractivity contribution in [3.63, 3.8) is 0 Å². The molecule has 0 aromatic heterocycles. The van der Waals surface area contributed by atoms with Crippen molar-refractivity contribution in [2.24, 2.45) is 5.73 Å². The number of primary amides is 1. The molecular formula is C20H29N3O4. The summed E-state index contributed by atoms with van der Waals surface area (Å²) in [5, 5.41) is 14.2. The second-order valence-corrected chi connectivity index (χ2v) is 7.94. The van der Waals surface area contributed by atoms with E-state index in [0.717, 1.165) is 5.56 Å². The highest BCUT2D eigenvalue weighted by Gasteiger charge is 2.53. The Morgan fingerprint density at radius 2 is 1.93 bits per heavy atom. The van der Waals surface area contributed by atoms with E-state index < -0.39 is 17.2 Å². The van der Waals surface area contributed by atoms with Crippen LogP contribution in [0.15, 0.2) is 30.3 Å². The third kappa shape index (κ3) is 4.48. The van der Waals surface area contributed by atoms with Gasteiger partial charge < -0.3 is 20.9 Å². The van der Waals surface area contributed by atoms with Crippen molar-refractivity contribution >= 4 is 11.8 Å². The average molecular weight is 375 g/mol. The van der Waals surface area contributed by atoms with Gasteiger partial charge in [-0.2, -0.15) is 0 Å². The molecule has 2 heterocycles. The summed E-state index contributed by atoms with van der Waals surface area (Å²) in [5.41, 5.74) is 4.78. The maximum absolute atomic E-state index is 12.6. The van der Waals surface area contributed by atoms with E-state index in [9.17, 15) is 14.7 Å². The maximum atomic E-state index is 12.6. The van der Waals surface area contributed by atoms with Crippen molar-refractivity contribution in [1.82, 2.24) is 10.2 Å². The molecule has 0 radical (unpaired) electrons. The second-order valence-electron chi connectivity index (χ2n) is 7.94. The van der Waals surface area contributed by atoms with Crippen LogP contribution in [-0.2, 0) is 20.7 Å². The van der Waals surface area contributed by atoms with Gasteiger partial charge in [-0.1, -0.05) is 30.3 Å². The van der Waals surface area contributed by atoms with Crippen molar-refractivity contribution in [3.05, 3.63) is 35.9 Å². The first-order chi connectivity index (χ1) is 12.8. The fourth-order valence-electron chi connectivity index (χ4n) is 4.27. The number of amides is 2. The first-order valence-corrected chi connectivity index (χ1v) is 9.51.